The number of hydrogen-bond donors (Lipinski definition) is 0. The van der Waals surface area contributed by atoms with Crippen LogP contribution in [0.3, 0.4) is 0 Å². The van der Waals surface area contributed by atoms with Gasteiger partial charge in [0.1, 0.15) is 5.69 Å². The van der Waals surface area contributed by atoms with Gasteiger partial charge in [0, 0.05) is 19.5 Å². The topological polar surface area (TPSA) is 60.2 Å². The number of rotatable bonds is 6. The predicted molar refractivity (Wildman–Crippen MR) is 88.2 cm³/mol. The molecule has 0 spiro atoms. The first kappa shape index (κ1) is 15.9. The molecule has 122 valence electrons. The van der Waals surface area contributed by atoms with Gasteiger partial charge in [-0.05, 0) is 22.4 Å². The Hall–Kier alpha value is -1.99. The van der Waals surface area contributed by atoms with E-state index in [0.29, 0.717) is 32.7 Å². The molecule has 2 aromatic heterocycles. The van der Waals surface area contributed by atoms with E-state index in [1.807, 2.05) is 28.8 Å². The molecule has 0 radical (unpaired) electrons. The molecular formula is C16H20N4O2S. The van der Waals surface area contributed by atoms with Crippen molar-refractivity contribution in [1.82, 2.24) is 19.9 Å². The number of hydrogen-bond acceptors (Lipinski definition) is 5. The lowest BCUT2D eigenvalue weighted by Gasteiger charge is -2.32. The average molecular weight is 332 g/mol. The fourth-order valence-electron chi connectivity index (χ4n) is 2.91. The number of amides is 1. The van der Waals surface area contributed by atoms with E-state index < -0.39 is 0 Å². The van der Waals surface area contributed by atoms with Crippen LogP contribution in [0.25, 0.3) is 0 Å². The molecule has 0 aromatic carbocycles. The molecule has 1 aliphatic rings. The second-order valence-corrected chi connectivity index (χ2v) is 6.43. The summed E-state index contributed by atoms with van der Waals surface area (Å²) >= 11 is 1.61. The third kappa shape index (κ3) is 3.51. The van der Waals surface area contributed by atoms with Crippen LogP contribution < -0.4 is 0 Å². The normalized spacial score (nSPS) is 17.1. The van der Waals surface area contributed by atoms with E-state index in [1.165, 1.54) is 0 Å². The van der Waals surface area contributed by atoms with Crippen molar-refractivity contribution >= 4 is 17.2 Å². The lowest BCUT2D eigenvalue weighted by atomic mass is 9.98. The van der Waals surface area contributed by atoms with Crippen LogP contribution in [-0.4, -0.2) is 45.6 Å². The fourth-order valence-corrected chi connectivity index (χ4v) is 3.58. The lowest BCUT2D eigenvalue weighted by molar-refractivity contribution is -0.132. The number of thiophene rings is 1. The standard InChI is InChI=1S/C16H20N4O2S/c1-3-5-22-10-13-8-20(9-14-16(13)19(2)18-17-14)15(21)7-12-4-6-23-11-12/h3-4,6,11,13H,1,5,7-10H2,2H3/t13-/m0/s1. The summed E-state index contributed by atoms with van der Waals surface area (Å²) in [5.41, 5.74) is 2.99. The number of carbonyl (C=O) groups is 1. The molecule has 1 aliphatic heterocycles. The minimum Gasteiger partial charge on any atom is -0.377 e. The molecular weight excluding hydrogens is 312 g/mol. The maximum absolute atomic E-state index is 12.6. The van der Waals surface area contributed by atoms with E-state index in [-0.39, 0.29) is 11.8 Å². The lowest BCUT2D eigenvalue weighted by Crippen LogP contribution is -2.41. The van der Waals surface area contributed by atoms with E-state index in [4.69, 9.17) is 4.74 Å². The van der Waals surface area contributed by atoms with Gasteiger partial charge in [0.25, 0.3) is 0 Å². The largest absolute Gasteiger partial charge is 0.377 e. The second kappa shape index (κ2) is 7.06. The van der Waals surface area contributed by atoms with E-state index >= 15 is 0 Å². The molecule has 2 aromatic rings. The van der Waals surface area contributed by atoms with Gasteiger partial charge < -0.3 is 9.64 Å². The number of carbonyl (C=O) groups excluding carboxylic acids is 1. The van der Waals surface area contributed by atoms with Crippen LogP contribution in [0.2, 0.25) is 0 Å². The predicted octanol–water partition coefficient (Wildman–Crippen LogP) is 1.75. The van der Waals surface area contributed by atoms with Crippen molar-refractivity contribution in [2.75, 3.05) is 19.8 Å². The zero-order chi connectivity index (χ0) is 16.2. The zero-order valence-electron chi connectivity index (χ0n) is 13.1. The molecule has 0 N–H and O–H groups in total. The van der Waals surface area contributed by atoms with Crippen LogP contribution in [0.15, 0.2) is 29.5 Å². The van der Waals surface area contributed by atoms with Crippen LogP contribution >= 0.6 is 11.3 Å². The highest BCUT2D eigenvalue weighted by molar-refractivity contribution is 7.07. The highest BCUT2D eigenvalue weighted by Gasteiger charge is 2.32. The quantitative estimate of drug-likeness (QED) is 0.597. The van der Waals surface area contributed by atoms with Crippen molar-refractivity contribution in [1.29, 1.82) is 0 Å². The summed E-state index contributed by atoms with van der Waals surface area (Å²) in [4.78, 5) is 14.4. The Kier molecular flexibility index (Phi) is 4.88. The van der Waals surface area contributed by atoms with E-state index in [2.05, 4.69) is 16.9 Å². The molecule has 7 heteroatoms. The van der Waals surface area contributed by atoms with Gasteiger partial charge in [0.05, 0.1) is 31.9 Å². The monoisotopic (exact) mass is 332 g/mol. The summed E-state index contributed by atoms with van der Waals surface area (Å²) < 4.78 is 7.40. The van der Waals surface area contributed by atoms with Crippen LogP contribution in [-0.2, 0) is 29.5 Å². The molecule has 0 saturated heterocycles. The van der Waals surface area contributed by atoms with E-state index in [1.54, 1.807) is 22.1 Å². The van der Waals surface area contributed by atoms with E-state index in [9.17, 15) is 4.79 Å². The summed E-state index contributed by atoms with van der Waals surface area (Å²) in [6.45, 7) is 5.84. The summed E-state index contributed by atoms with van der Waals surface area (Å²) in [6, 6.07) is 1.99. The van der Waals surface area contributed by atoms with Gasteiger partial charge in [0.15, 0.2) is 0 Å². The van der Waals surface area contributed by atoms with Gasteiger partial charge in [-0.3, -0.25) is 9.48 Å². The maximum Gasteiger partial charge on any atom is 0.227 e. The fraction of sp³-hybridized carbons (Fsp3) is 0.438. The molecule has 1 atom stereocenters. The molecule has 3 heterocycles. The Bertz CT molecular complexity index is 680. The number of ether oxygens (including phenoxy) is 1. The Balaban J connectivity index is 1.74. The van der Waals surface area contributed by atoms with Crippen molar-refractivity contribution in [3.63, 3.8) is 0 Å². The van der Waals surface area contributed by atoms with Gasteiger partial charge in [-0.1, -0.05) is 11.3 Å². The van der Waals surface area contributed by atoms with Gasteiger partial charge in [-0.25, -0.2) is 0 Å². The molecule has 0 aliphatic carbocycles. The van der Waals surface area contributed by atoms with Crippen molar-refractivity contribution in [2.45, 2.75) is 18.9 Å². The molecule has 0 bridgehead atoms. The Morgan fingerprint density at radius 3 is 3.22 bits per heavy atom. The third-order valence-electron chi connectivity index (χ3n) is 3.95. The average Bonchev–Trinajstić information content (AvgIpc) is 3.17. The first-order valence-electron chi connectivity index (χ1n) is 7.55. The van der Waals surface area contributed by atoms with Crippen LogP contribution in [0.1, 0.15) is 22.9 Å². The molecule has 1 amide bonds. The highest BCUT2D eigenvalue weighted by atomic mass is 32.1. The van der Waals surface area contributed by atoms with Crippen molar-refractivity contribution in [3.8, 4) is 0 Å². The van der Waals surface area contributed by atoms with Crippen LogP contribution in [0, 0.1) is 0 Å². The summed E-state index contributed by atoms with van der Waals surface area (Å²) in [5, 5.41) is 12.3. The first-order valence-corrected chi connectivity index (χ1v) is 8.49. The third-order valence-corrected chi connectivity index (χ3v) is 4.69. The van der Waals surface area contributed by atoms with Gasteiger partial charge >= 0.3 is 0 Å². The Labute approximate surface area is 139 Å². The van der Waals surface area contributed by atoms with E-state index in [0.717, 1.165) is 17.0 Å². The van der Waals surface area contributed by atoms with Crippen molar-refractivity contribution in [2.24, 2.45) is 7.05 Å². The summed E-state index contributed by atoms with van der Waals surface area (Å²) in [6.07, 6.45) is 2.16. The van der Waals surface area contributed by atoms with Crippen molar-refractivity contribution < 1.29 is 9.53 Å². The Morgan fingerprint density at radius 2 is 2.48 bits per heavy atom. The SMILES string of the molecule is C=CCOC[C@@H]1CN(C(=O)Cc2ccsc2)Cc2nnn(C)c21. The number of nitrogens with zero attached hydrogens (tertiary/aromatic N) is 4. The summed E-state index contributed by atoms with van der Waals surface area (Å²) in [5.74, 6) is 0.207. The highest BCUT2D eigenvalue weighted by Crippen LogP contribution is 2.27. The molecule has 23 heavy (non-hydrogen) atoms. The summed E-state index contributed by atoms with van der Waals surface area (Å²) in [7, 11) is 1.88. The molecule has 0 fully saturated rings. The van der Waals surface area contributed by atoms with Gasteiger partial charge in [-0.15, -0.1) is 11.7 Å². The number of aryl methyl sites for hydroxylation is 1. The zero-order valence-corrected chi connectivity index (χ0v) is 14.0. The van der Waals surface area contributed by atoms with Crippen molar-refractivity contribution in [3.05, 3.63) is 46.4 Å². The number of fused-ring (bicyclic) bond motifs is 1. The molecule has 3 rings (SSSR count). The van der Waals surface area contributed by atoms with Crippen LogP contribution in [0.4, 0.5) is 0 Å². The number of aromatic nitrogens is 3. The van der Waals surface area contributed by atoms with Crippen LogP contribution in [0.5, 0.6) is 0 Å². The van der Waals surface area contributed by atoms with Gasteiger partial charge in [-0.2, -0.15) is 11.3 Å². The molecule has 6 nitrogen and oxygen atoms in total. The second-order valence-electron chi connectivity index (χ2n) is 5.65. The minimum atomic E-state index is 0.0881. The Morgan fingerprint density at radius 1 is 1.61 bits per heavy atom. The molecule has 0 unspecified atom stereocenters. The molecule has 0 saturated carbocycles. The smallest absolute Gasteiger partial charge is 0.227 e. The maximum atomic E-state index is 12.6. The minimum absolute atomic E-state index is 0.0881. The van der Waals surface area contributed by atoms with Gasteiger partial charge in [0.2, 0.25) is 5.91 Å². The first-order chi connectivity index (χ1) is 11.2.